The highest BCUT2D eigenvalue weighted by atomic mass is 79.9. The standard InChI is InChI=1S/C26H27BrN4O2S/c1-2-25(33)29-20-5-9-22(10-6-20)34-26-23(27)16-28-24(30-26)15-18-3-7-21(8-4-18)31-13-11-19(17-32)12-14-31/h2-10,16,19,32H,1,11-15,17H2,(H,29,33). The Morgan fingerprint density at radius 3 is 2.53 bits per heavy atom. The van der Waals surface area contributed by atoms with Crippen LogP contribution in [0.15, 0.2) is 81.8 Å². The highest BCUT2D eigenvalue weighted by Gasteiger charge is 2.18. The number of anilines is 2. The number of aromatic nitrogens is 2. The summed E-state index contributed by atoms with van der Waals surface area (Å²) in [5.74, 6) is 0.966. The molecular weight excluding hydrogens is 512 g/mol. The number of nitrogens with one attached hydrogen (secondary N) is 1. The van der Waals surface area contributed by atoms with Gasteiger partial charge in [0.2, 0.25) is 5.91 Å². The molecule has 8 heteroatoms. The van der Waals surface area contributed by atoms with Gasteiger partial charge in [-0.05, 0) is 82.7 Å². The van der Waals surface area contributed by atoms with Gasteiger partial charge in [0.25, 0.3) is 0 Å². The lowest BCUT2D eigenvalue weighted by Gasteiger charge is -2.32. The summed E-state index contributed by atoms with van der Waals surface area (Å²) >= 11 is 5.10. The summed E-state index contributed by atoms with van der Waals surface area (Å²) in [6.45, 7) is 5.73. The number of hydrogen-bond acceptors (Lipinski definition) is 6. The van der Waals surface area contributed by atoms with Crippen molar-refractivity contribution >= 4 is 45.0 Å². The Kier molecular flexibility index (Phi) is 8.37. The highest BCUT2D eigenvalue weighted by molar-refractivity contribution is 9.10. The molecule has 3 aromatic rings. The number of aliphatic hydroxyl groups is 1. The topological polar surface area (TPSA) is 78.4 Å². The second-order valence-corrected chi connectivity index (χ2v) is 10.1. The number of carbonyl (C=O) groups is 1. The summed E-state index contributed by atoms with van der Waals surface area (Å²) in [5.41, 5.74) is 3.10. The second kappa shape index (κ2) is 11.6. The number of benzene rings is 2. The van der Waals surface area contributed by atoms with Crippen LogP contribution >= 0.6 is 27.7 Å². The van der Waals surface area contributed by atoms with Crippen LogP contribution in [0.5, 0.6) is 0 Å². The van der Waals surface area contributed by atoms with Gasteiger partial charge in [0.15, 0.2) is 0 Å². The molecule has 6 nitrogen and oxygen atoms in total. The minimum atomic E-state index is -0.233. The number of carbonyl (C=O) groups excluding carboxylic acids is 1. The van der Waals surface area contributed by atoms with Gasteiger partial charge in [0.1, 0.15) is 10.9 Å². The summed E-state index contributed by atoms with van der Waals surface area (Å²) in [5, 5.41) is 12.9. The van der Waals surface area contributed by atoms with E-state index in [0.29, 0.717) is 18.9 Å². The van der Waals surface area contributed by atoms with Crippen LogP contribution < -0.4 is 10.2 Å². The largest absolute Gasteiger partial charge is 0.396 e. The fraction of sp³-hybridized carbons (Fsp3) is 0.269. The number of hydrogen-bond donors (Lipinski definition) is 2. The zero-order valence-electron chi connectivity index (χ0n) is 18.8. The van der Waals surface area contributed by atoms with E-state index >= 15 is 0 Å². The number of rotatable bonds is 8. The van der Waals surface area contributed by atoms with Gasteiger partial charge in [-0.3, -0.25) is 4.79 Å². The minimum Gasteiger partial charge on any atom is -0.396 e. The van der Waals surface area contributed by atoms with E-state index in [2.05, 4.69) is 62.0 Å². The third-order valence-electron chi connectivity index (χ3n) is 5.82. The summed E-state index contributed by atoms with van der Waals surface area (Å²) in [7, 11) is 0. The number of aliphatic hydroxyl groups excluding tert-OH is 1. The molecule has 1 aliphatic heterocycles. The predicted octanol–water partition coefficient (Wildman–Crippen LogP) is 5.31. The van der Waals surface area contributed by atoms with Crippen molar-refractivity contribution in [2.24, 2.45) is 5.92 Å². The second-order valence-electron chi connectivity index (χ2n) is 8.22. The Balaban J connectivity index is 1.39. The lowest BCUT2D eigenvalue weighted by atomic mass is 9.97. The molecule has 0 spiro atoms. The normalized spacial score (nSPS) is 14.1. The summed E-state index contributed by atoms with van der Waals surface area (Å²) < 4.78 is 0.840. The van der Waals surface area contributed by atoms with E-state index in [0.717, 1.165) is 57.4 Å². The van der Waals surface area contributed by atoms with Crippen molar-refractivity contribution in [2.45, 2.75) is 29.2 Å². The molecule has 34 heavy (non-hydrogen) atoms. The average molecular weight is 539 g/mol. The maximum Gasteiger partial charge on any atom is 0.247 e. The molecular formula is C26H27BrN4O2S. The van der Waals surface area contributed by atoms with Crippen LogP contribution in [0.25, 0.3) is 0 Å². The summed E-state index contributed by atoms with van der Waals surface area (Å²) in [4.78, 5) is 24.1. The lowest BCUT2D eigenvalue weighted by Crippen LogP contribution is -2.34. The first-order valence-corrected chi connectivity index (χ1v) is 12.8. The molecule has 1 aromatic heterocycles. The molecule has 0 saturated carbocycles. The zero-order chi connectivity index (χ0) is 23.9. The predicted molar refractivity (Wildman–Crippen MR) is 140 cm³/mol. The van der Waals surface area contributed by atoms with Crippen LogP contribution in [0.3, 0.4) is 0 Å². The fourth-order valence-corrected chi connectivity index (χ4v) is 5.07. The Morgan fingerprint density at radius 1 is 1.18 bits per heavy atom. The van der Waals surface area contributed by atoms with Gasteiger partial charge in [-0.25, -0.2) is 9.97 Å². The van der Waals surface area contributed by atoms with Gasteiger partial charge in [-0.15, -0.1) is 0 Å². The Labute approximate surface area is 212 Å². The summed E-state index contributed by atoms with van der Waals surface area (Å²) in [6, 6.07) is 16.2. The van der Waals surface area contributed by atoms with Crippen molar-refractivity contribution in [1.82, 2.24) is 9.97 Å². The molecule has 1 aliphatic rings. The van der Waals surface area contributed by atoms with E-state index < -0.39 is 0 Å². The maximum absolute atomic E-state index is 11.4. The number of halogens is 1. The lowest BCUT2D eigenvalue weighted by molar-refractivity contribution is -0.111. The van der Waals surface area contributed by atoms with Gasteiger partial charge < -0.3 is 15.3 Å². The third kappa shape index (κ3) is 6.46. The van der Waals surface area contributed by atoms with Gasteiger partial charge in [-0.1, -0.05) is 30.5 Å². The van der Waals surface area contributed by atoms with Crippen molar-refractivity contribution < 1.29 is 9.90 Å². The molecule has 2 aromatic carbocycles. The minimum absolute atomic E-state index is 0.233. The number of nitrogens with zero attached hydrogens (tertiary/aromatic N) is 3. The smallest absolute Gasteiger partial charge is 0.247 e. The monoisotopic (exact) mass is 538 g/mol. The Bertz CT molecular complexity index is 1130. The molecule has 1 amide bonds. The van der Waals surface area contributed by atoms with E-state index in [1.807, 2.05) is 24.3 Å². The average Bonchev–Trinajstić information content (AvgIpc) is 2.87. The van der Waals surface area contributed by atoms with E-state index in [9.17, 15) is 9.90 Å². The van der Waals surface area contributed by atoms with Crippen LogP contribution in [-0.2, 0) is 11.2 Å². The number of piperidine rings is 1. The van der Waals surface area contributed by atoms with E-state index in [-0.39, 0.29) is 5.91 Å². The van der Waals surface area contributed by atoms with Crippen LogP contribution in [0, 0.1) is 5.92 Å². The SMILES string of the molecule is C=CC(=O)Nc1ccc(Sc2nc(Cc3ccc(N4CCC(CO)CC4)cc3)ncc2Br)cc1. The highest BCUT2D eigenvalue weighted by Crippen LogP contribution is 2.32. The van der Waals surface area contributed by atoms with E-state index in [1.54, 1.807) is 18.0 Å². The zero-order valence-corrected chi connectivity index (χ0v) is 21.2. The molecule has 176 valence electrons. The molecule has 4 rings (SSSR count). The molecule has 1 saturated heterocycles. The summed E-state index contributed by atoms with van der Waals surface area (Å²) in [6.07, 6.45) is 5.77. The molecule has 0 bridgehead atoms. The first-order valence-electron chi connectivity index (χ1n) is 11.2. The third-order valence-corrected chi connectivity index (χ3v) is 7.68. The quantitative estimate of drug-likeness (QED) is 0.298. The van der Waals surface area contributed by atoms with Gasteiger partial charge in [0, 0.05) is 48.6 Å². The van der Waals surface area contributed by atoms with Gasteiger partial charge in [-0.2, -0.15) is 0 Å². The van der Waals surface area contributed by atoms with Crippen molar-refractivity contribution in [3.05, 3.63) is 83.2 Å². The molecule has 0 radical (unpaired) electrons. The maximum atomic E-state index is 11.4. The van der Waals surface area contributed by atoms with Crippen molar-refractivity contribution in [2.75, 3.05) is 29.9 Å². The van der Waals surface area contributed by atoms with Crippen LogP contribution in [0.4, 0.5) is 11.4 Å². The van der Waals surface area contributed by atoms with Gasteiger partial charge >= 0.3 is 0 Å². The van der Waals surface area contributed by atoms with Crippen molar-refractivity contribution in [1.29, 1.82) is 0 Å². The van der Waals surface area contributed by atoms with E-state index in [1.165, 1.54) is 11.8 Å². The first-order chi connectivity index (χ1) is 16.5. The molecule has 0 atom stereocenters. The number of amides is 1. The van der Waals surface area contributed by atoms with Crippen molar-refractivity contribution in [3.63, 3.8) is 0 Å². The van der Waals surface area contributed by atoms with Gasteiger partial charge in [0.05, 0.1) is 4.47 Å². The Morgan fingerprint density at radius 2 is 1.88 bits per heavy atom. The first kappa shape index (κ1) is 24.4. The van der Waals surface area contributed by atoms with Crippen LogP contribution in [0.1, 0.15) is 24.2 Å². The fourth-order valence-electron chi connectivity index (χ4n) is 3.83. The molecule has 2 heterocycles. The van der Waals surface area contributed by atoms with Crippen LogP contribution in [0.2, 0.25) is 0 Å². The van der Waals surface area contributed by atoms with Crippen LogP contribution in [-0.4, -0.2) is 40.7 Å². The molecule has 0 aliphatic carbocycles. The molecule has 2 N–H and O–H groups in total. The van der Waals surface area contributed by atoms with E-state index in [4.69, 9.17) is 4.98 Å². The molecule has 1 fully saturated rings. The molecule has 0 unspecified atom stereocenters. The Hall–Kier alpha value is -2.68. The van der Waals surface area contributed by atoms with Crippen molar-refractivity contribution in [3.8, 4) is 0 Å².